The van der Waals surface area contributed by atoms with Crippen LogP contribution in [-0.2, 0) is 0 Å². The molecule has 0 spiro atoms. The molecule has 0 heterocycles. The molecule has 0 amide bonds. The Morgan fingerprint density at radius 3 is 1.12 bits per heavy atom. The Balaban J connectivity index is 0.000000280. The Morgan fingerprint density at radius 1 is 0.562 bits per heavy atom. The second kappa shape index (κ2) is 8.20. The smallest absolute Gasteiger partial charge is 0.0359 e. The quantitative estimate of drug-likeness (QED) is 0.673. The average Bonchev–Trinajstić information content (AvgIpc) is 2.41. The van der Waals surface area contributed by atoms with E-state index in [9.17, 15) is 0 Å². The Kier molecular flexibility index (Phi) is 6.71. The van der Waals surface area contributed by atoms with Gasteiger partial charge in [0.25, 0.3) is 0 Å². The first-order chi connectivity index (χ1) is 7.88. The molecule has 2 rings (SSSR count). The number of rotatable bonds is 2. The maximum Gasteiger partial charge on any atom is 0.0359 e. The molecule has 0 radical (unpaired) electrons. The first-order valence-electron chi connectivity index (χ1n) is 5.11. The van der Waals surface area contributed by atoms with Gasteiger partial charge in [-0.3, -0.25) is 0 Å². The van der Waals surface area contributed by atoms with Gasteiger partial charge in [-0.05, 0) is 11.1 Å². The Labute approximate surface area is 107 Å². The molecule has 0 fully saturated rings. The molecule has 84 valence electrons. The van der Waals surface area contributed by atoms with Gasteiger partial charge in [0.2, 0.25) is 0 Å². The Bertz CT molecular complexity index is 331. The third-order valence-corrected chi connectivity index (χ3v) is 2.52. The molecule has 0 aliphatic rings. The fraction of sp³-hybridized carbons (Fsp3) is 0.143. The first-order valence-corrected chi connectivity index (χ1v) is 6.17. The van der Waals surface area contributed by atoms with Gasteiger partial charge in [-0.15, -0.1) is 23.2 Å². The summed E-state index contributed by atoms with van der Waals surface area (Å²) in [6.07, 6.45) is 0. The van der Waals surface area contributed by atoms with Crippen molar-refractivity contribution in [2.75, 3.05) is 11.8 Å². The van der Waals surface area contributed by atoms with Gasteiger partial charge < -0.3 is 0 Å². The zero-order valence-corrected chi connectivity index (χ0v) is 10.5. The van der Waals surface area contributed by atoms with Crippen LogP contribution in [0.15, 0.2) is 60.7 Å². The first kappa shape index (κ1) is 13.1. The molecule has 0 atom stereocenters. The largest absolute Gasteiger partial charge is 0.125 e. The molecule has 2 aromatic carbocycles. The Hall–Kier alpha value is -0.980. The lowest BCUT2D eigenvalue weighted by atomic mass is 10.1. The summed E-state index contributed by atoms with van der Waals surface area (Å²) < 4.78 is 0. The van der Waals surface area contributed by atoms with Crippen LogP contribution in [0.25, 0.3) is 11.1 Å². The van der Waals surface area contributed by atoms with Crippen LogP contribution >= 0.6 is 23.2 Å². The van der Waals surface area contributed by atoms with Crippen molar-refractivity contribution in [1.29, 1.82) is 0 Å². The minimum absolute atomic E-state index is 0.557. The van der Waals surface area contributed by atoms with Crippen LogP contribution in [0.5, 0.6) is 0 Å². The van der Waals surface area contributed by atoms with E-state index in [-0.39, 0.29) is 0 Å². The SMILES string of the molecule is ClCCCl.c1ccc(-c2ccccc2)cc1. The maximum absolute atomic E-state index is 5.05. The van der Waals surface area contributed by atoms with E-state index < -0.39 is 0 Å². The lowest BCUT2D eigenvalue weighted by Crippen LogP contribution is -1.73. The molecule has 2 heteroatoms. The monoisotopic (exact) mass is 252 g/mol. The predicted molar refractivity (Wildman–Crippen MR) is 73.3 cm³/mol. The number of halogens is 2. The summed E-state index contributed by atoms with van der Waals surface area (Å²) in [7, 11) is 0. The molecule has 0 unspecified atom stereocenters. The minimum Gasteiger partial charge on any atom is -0.125 e. The number of hydrogen-bond donors (Lipinski definition) is 0. The third-order valence-electron chi connectivity index (χ3n) is 1.95. The summed E-state index contributed by atoms with van der Waals surface area (Å²) in [5, 5.41) is 0. The van der Waals surface area contributed by atoms with E-state index in [2.05, 4.69) is 48.5 Å². The van der Waals surface area contributed by atoms with E-state index in [0.29, 0.717) is 11.8 Å². The Morgan fingerprint density at radius 2 is 0.875 bits per heavy atom. The van der Waals surface area contributed by atoms with Crippen molar-refractivity contribution in [1.82, 2.24) is 0 Å². The number of hydrogen-bond acceptors (Lipinski definition) is 0. The zero-order chi connectivity index (χ0) is 11.6. The molecule has 0 saturated heterocycles. The normalized spacial score (nSPS) is 9.12. The topological polar surface area (TPSA) is 0 Å². The highest BCUT2D eigenvalue weighted by Gasteiger charge is 1.91. The van der Waals surface area contributed by atoms with E-state index in [4.69, 9.17) is 23.2 Å². The second-order valence-corrected chi connectivity index (χ2v) is 3.87. The van der Waals surface area contributed by atoms with Crippen molar-refractivity contribution in [3.63, 3.8) is 0 Å². The van der Waals surface area contributed by atoms with Crippen molar-refractivity contribution in [3.05, 3.63) is 60.7 Å². The molecule has 0 aliphatic carbocycles. The summed E-state index contributed by atoms with van der Waals surface area (Å²) in [5.74, 6) is 1.11. The van der Waals surface area contributed by atoms with Crippen molar-refractivity contribution < 1.29 is 0 Å². The third kappa shape index (κ3) is 4.69. The average molecular weight is 253 g/mol. The van der Waals surface area contributed by atoms with Gasteiger partial charge in [-0.2, -0.15) is 0 Å². The fourth-order valence-corrected chi connectivity index (χ4v) is 1.26. The molecule has 2 aromatic rings. The fourth-order valence-electron chi connectivity index (χ4n) is 1.26. The molecule has 16 heavy (non-hydrogen) atoms. The van der Waals surface area contributed by atoms with E-state index >= 15 is 0 Å². The van der Waals surface area contributed by atoms with Crippen LogP contribution in [0.2, 0.25) is 0 Å². The van der Waals surface area contributed by atoms with E-state index in [1.165, 1.54) is 11.1 Å². The summed E-state index contributed by atoms with van der Waals surface area (Å²) in [5.41, 5.74) is 2.55. The van der Waals surface area contributed by atoms with E-state index in [1.807, 2.05) is 12.1 Å². The van der Waals surface area contributed by atoms with Crippen LogP contribution in [0.1, 0.15) is 0 Å². The molecular formula is C14H14Cl2. The number of alkyl halides is 2. The molecule has 0 aromatic heterocycles. The van der Waals surface area contributed by atoms with Crippen LogP contribution in [0.3, 0.4) is 0 Å². The summed E-state index contributed by atoms with van der Waals surface area (Å²) >= 11 is 10.1. The summed E-state index contributed by atoms with van der Waals surface area (Å²) in [6.45, 7) is 0. The van der Waals surface area contributed by atoms with Gasteiger partial charge in [-0.1, -0.05) is 60.7 Å². The molecule has 0 aliphatic heterocycles. The highest BCUT2D eigenvalue weighted by Crippen LogP contribution is 2.17. The number of benzene rings is 2. The van der Waals surface area contributed by atoms with Gasteiger partial charge in [0.05, 0.1) is 0 Å². The molecule has 0 saturated carbocycles. The standard InChI is InChI=1S/C12H10.C2H4Cl2/c1-3-7-11(8-4-1)12-9-5-2-6-10-12;3-1-2-4/h1-10H;1-2H2. The van der Waals surface area contributed by atoms with Gasteiger partial charge in [0.15, 0.2) is 0 Å². The van der Waals surface area contributed by atoms with Crippen molar-refractivity contribution >= 4 is 23.2 Å². The maximum atomic E-state index is 5.05. The van der Waals surface area contributed by atoms with Crippen LogP contribution in [0.4, 0.5) is 0 Å². The highest BCUT2D eigenvalue weighted by atomic mass is 35.5. The van der Waals surface area contributed by atoms with Crippen LogP contribution in [-0.4, -0.2) is 11.8 Å². The van der Waals surface area contributed by atoms with Gasteiger partial charge in [0, 0.05) is 11.8 Å². The van der Waals surface area contributed by atoms with Gasteiger partial charge >= 0.3 is 0 Å². The summed E-state index contributed by atoms with van der Waals surface area (Å²) in [4.78, 5) is 0. The minimum atomic E-state index is 0.557. The van der Waals surface area contributed by atoms with Crippen molar-refractivity contribution in [2.45, 2.75) is 0 Å². The van der Waals surface area contributed by atoms with E-state index in [0.717, 1.165) is 0 Å². The van der Waals surface area contributed by atoms with Gasteiger partial charge in [0.1, 0.15) is 0 Å². The molecular weight excluding hydrogens is 239 g/mol. The van der Waals surface area contributed by atoms with E-state index in [1.54, 1.807) is 0 Å². The predicted octanol–water partition coefficient (Wildman–Crippen LogP) is 4.82. The zero-order valence-electron chi connectivity index (χ0n) is 8.94. The summed E-state index contributed by atoms with van der Waals surface area (Å²) in [6, 6.07) is 20.8. The van der Waals surface area contributed by atoms with Gasteiger partial charge in [-0.25, -0.2) is 0 Å². The van der Waals surface area contributed by atoms with Crippen molar-refractivity contribution in [3.8, 4) is 11.1 Å². The van der Waals surface area contributed by atoms with Crippen LogP contribution < -0.4 is 0 Å². The lowest BCUT2D eigenvalue weighted by molar-refractivity contribution is 1.52. The molecule has 0 bridgehead atoms. The molecule has 0 nitrogen and oxygen atoms in total. The second-order valence-electron chi connectivity index (χ2n) is 3.11. The lowest BCUT2D eigenvalue weighted by Gasteiger charge is -1.98. The highest BCUT2D eigenvalue weighted by molar-refractivity contribution is 6.25. The van der Waals surface area contributed by atoms with Crippen molar-refractivity contribution in [2.24, 2.45) is 0 Å². The molecule has 0 N–H and O–H groups in total. The van der Waals surface area contributed by atoms with Crippen LogP contribution in [0, 0.1) is 0 Å².